The Balaban J connectivity index is 2.30. The third-order valence-corrected chi connectivity index (χ3v) is 5.22. The largest absolute Gasteiger partial charge is 0.328 e. The van der Waals surface area contributed by atoms with Gasteiger partial charge in [0.2, 0.25) is 0 Å². The van der Waals surface area contributed by atoms with Crippen LogP contribution in [-0.2, 0) is 6.42 Å². The lowest BCUT2D eigenvalue weighted by molar-refractivity contribution is 0.742. The number of nitrogens with zero attached hydrogens (tertiary/aromatic N) is 1. The van der Waals surface area contributed by atoms with Gasteiger partial charge in [0.1, 0.15) is 5.01 Å². The summed E-state index contributed by atoms with van der Waals surface area (Å²) in [4.78, 5) is 7.12. The molecular formula is C11H13BrN2S2. The van der Waals surface area contributed by atoms with E-state index in [1.54, 1.807) is 22.7 Å². The summed E-state index contributed by atoms with van der Waals surface area (Å²) in [6.07, 6.45) is 0.913. The highest BCUT2D eigenvalue weighted by Crippen LogP contribution is 2.34. The Morgan fingerprint density at radius 3 is 2.88 bits per heavy atom. The molecule has 0 aliphatic carbocycles. The van der Waals surface area contributed by atoms with Gasteiger partial charge in [-0.25, -0.2) is 4.98 Å². The number of aryl methyl sites for hydroxylation is 1. The summed E-state index contributed by atoms with van der Waals surface area (Å²) in [6, 6.07) is 2.31. The van der Waals surface area contributed by atoms with E-state index >= 15 is 0 Å². The van der Waals surface area contributed by atoms with E-state index in [2.05, 4.69) is 39.3 Å². The Kier molecular flexibility index (Phi) is 3.79. The molecule has 0 aliphatic heterocycles. The number of aromatic nitrogens is 1. The summed E-state index contributed by atoms with van der Waals surface area (Å²) in [5, 5.41) is 3.18. The molecule has 2 heterocycles. The van der Waals surface area contributed by atoms with Crippen molar-refractivity contribution in [2.75, 3.05) is 0 Å². The molecule has 0 bridgehead atoms. The fourth-order valence-electron chi connectivity index (χ4n) is 1.44. The Morgan fingerprint density at radius 1 is 1.56 bits per heavy atom. The van der Waals surface area contributed by atoms with Crippen LogP contribution in [0.3, 0.4) is 0 Å². The molecule has 2 N–H and O–H groups in total. The van der Waals surface area contributed by atoms with E-state index in [1.807, 2.05) is 6.92 Å². The van der Waals surface area contributed by atoms with Gasteiger partial charge in [-0.1, -0.05) is 0 Å². The van der Waals surface area contributed by atoms with E-state index in [9.17, 15) is 0 Å². The maximum atomic E-state index is 5.82. The van der Waals surface area contributed by atoms with Crippen LogP contribution in [0.5, 0.6) is 0 Å². The lowest BCUT2D eigenvalue weighted by Crippen LogP contribution is -2.17. The van der Waals surface area contributed by atoms with Gasteiger partial charge in [0.05, 0.1) is 10.6 Å². The normalized spacial score (nSPS) is 13.0. The fraction of sp³-hybridized carbons (Fsp3) is 0.364. The highest BCUT2D eigenvalue weighted by Gasteiger charge is 2.12. The predicted molar refractivity (Wildman–Crippen MR) is 75.2 cm³/mol. The number of nitrogens with two attached hydrogens (primary N) is 1. The Bertz CT molecular complexity index is 488. The molecule has 2 nitrogen and oxygen atoms in total. The zero-order valence-electron chi connectivity index (χ0n) is 9.16. The second kappa shape index (κ2) is 4.96. The minimum absolute atomic E-state index is 0.196. The van der Waals surface area contributed by atoms with Gasteiger partial charge in [-0.2, -0.15) is 0 Å². The zero-order chi connectivity index (χ0) is 11.7. The number of rotatable bonds is 3. The third kappa shape index (κ3) is 2.71. The van der Waals surface area contributed by atoms with Crippen molar-refractivity contribution in [3.63, 3.8) is 0 Å². The van der Waals surface area contributed by atoms with Crippen LogP contribution in [0.15, 0.2) is 15.9 Å². The molecule has 0 saturated heterocycles. The molecule has 86 valence electrons. The van der Waals surface area contributed by atoms with E-state index in [1.165, 1.54) is 9.75 Å². The van der Waals surface area contributed by atoms with Gasteiger partial charge < -0.3 is 5.73 Å². The average molecular weight is 317 g/mol. The van der Waals surface area contributed by atoms with E-state index in [0.717, 1.165) is 21.6 Å². The molecule has 16 heavy (non-hydrogen) atoms. The van der Waals surface area contributed by atoms with Gasteiger partial charge in [0.15, 0.2) is 0 Å². The monoisotopic (exact) mass is 316 g/mol. The minimum atomic E-state index is 0.196. The Hall–Kier alpha value is -0.230. The molecule has 5 heteroatoms. The summed E-state index contributed by atoms with van der Waals surface area (Å²) in [7, 11) is 0. The molecule has 2 aromatic heterocycles. The van der Waals surface area contributed by atoms with Crippen LogP contribution in [0.4, 0.5) is 0 Å². The van der Waals surface area contributed by atoms with Crippen LogP contribution in [0.1, 0.15) is 17.5 Å². The van der Waals surface area contributed by atoms with Crippen LogP contribution in [0.25, 0.3) is 9.88 Å². The van der Waals surface area contributed by atoms with Crippen molar-refractivity contribution in [3.05, 3.63) is 26.5 Å². The first-order chi connectivity index (χ1) is 7.56. The van der Waals surface area contributed by atoms with Crippen LogP contribution in [0.2, 0.25) is 0 Å². The van der Waals surface area contributed by atoms with Crippen molar-refractivity contribution in [2.24, 2.45) is 5.73 Å². The molecule has 0 amide bonds. The summed E-state index contributed by atoms with van der Waals surface area (Å²) in [5.74, 6) is 0. The van der Waals surface area contributed by atoms with Crippen molar-refractivity contribution < 1.29 is 0 Å². The molecule has 0 fully saturated rings. The van der Waals surface area contributed by atoms with Crippen molar-refractivity contribution in [2.45, 2.75) is 26.3 Å². The first-order valence-corrected chi connectivity index (χ1v) is 7.51. The molecule has 0 saturated carbocycles. The molecule has 2 aromatic rings. The highest BCUT2D eigenvalue weighted by atomic mass is 79.9. The zero-order valence-corrected chi connectivity index (χ0v) is 12.4. The Labute approximate surface area is 112 Å². The lowest BCUT2D eigenvalue weighted by atomic mass is 10.2. The standard InChI is InChI=1S/C11H13BrN2S2/c1-6(13)3-9-7(2)14-11(16-9)10-4-8(12)5-15-10/h4-6H,3,13H2,1-2H3. The van der Waals surface area contributed by atoms with E-state index < -0.39 is 0 Å². The van der Waals surface area contributed by atoms with E-state index in [4.69, 9.17) is 5.73 Å². The average Bonchev–Trinajstić information content (AvgIpc) is 2.74. The lowest BCUT2D eigenvalue weighted by Gasteiger charge is -2.01. The minimum Gasteiger partial charge on any atom is -0.328 e. The van der Waals surface area contributed by atoms with Gasteiger partial charge in [-0.05, 0) is 42.3 Å². The number of hydrogen-bond donors (Lipinski definition) is 1. The molecule has 0 aliphatic rings. The first kappa shape index (κ1) is 12.2. The van der Waals surface area contributed by atoms with Crippen LogP contribution >= 0.6 is 38.6 Å². The SMILES string of the molecule is Cc1nc(-c2cc(Br)cs2)sc1CC(C)N. The molecule has 1 unspecified atom stereocenters. The maximum Gasteiger partial charge on any atom is 0.133 e. The summed E-state index contributed by atoms with van der Waals surface area (Å²) >= 11 is 6.93. The fourth-order valence-corrected chi connectivity index (χ4v) is 4.13. The second-order valence-corrected chi connectivity index (χ2v) is 6.75. The molecule has 1 atom stereocenters. The Morgan fingerprint density at radius 2 is 2.31 bits per heavy atom. The number of hydrogen-bond acceptors (Lipinski definition) is 4. The van der Waals surface area contributed by atoms with Gasteiger partial charge >= 0.3 is 0 Å². The number of thiazole rings is 1. The predicted octanol–water partition coefficient (Wildman–Crippen LogP) is 3.83. The van der Waals surface area contributed by atoms with Crippen LogP contribution in [0, 0.1) is 6.92 Å². The number of halogens is 1. The maximum absolute atomic E-state index is 5.82. The van der Waals surface area contributed by atoms with Crippen molar-refractivity contribution in [3.8, 4) is 9.88 Å². The number of thiophene rings is 1. The molecule has 0 spiro atoms. The van der Waals surface area contributed by atoms with Crippen molar-refractivity contribution in [1.29, 1.82) is 0 Å². The van der Waals surface area contributed by atoms with Crippen LogP contribution in [-0.4, -0.2) is 11.0 Å². The topological polar surface area (TPSA) is 38.9 Å². The van der Waals surface area contributed by atoms with Gasteiger partial charge in [-0.15, -0.1) is 22.7 Å². The smallest absolute Gasteiger partial charge is 0.133 e. The van der Waals surface area contributed by atoms with Gasteiger partial charge in [0, 0.05) is 20.8 Å². The van der Waals surface area contributed by atoms with E-state index in [0.29, 0.717) is 0 Å². The third-order valence-electron chi connectivity index (χ3n) is 2.18. The molecular weight excluding hydrogens is 304 g/mol. The summed E-state index contributed by atoms with van der Waals surface area (Å²) in [5.41, 5.74) is 6.93. The summed E-state index contributed by atoms with van der Waals surface area (Å²) in [6.45, 7) is 4.08. The van der Waals surface area contributed by atoms with E-state index in [-0.39, 0.29) is 6.04 Å². The molecule has 0 radical (unpaired) electrons. The molecule has 2 rings (SSSR count). The van der Waals surface area contributed by atoms with Crippen molar-refractivity contribution >= 4 is 38.6 Å². The quantitative estimate of drug-likeness (QED) is 0.934. The first-order valence-electron chi connectivity index (χ1n) is 5.02. The summed E-state index contributed by atoms with van der Waals surface area (Å²) < 4.78 is 1.12. The van der Waals surface area contributed by atoms with Gasteiger partial charge in [-0.3, -0.25) is 0 Å². The van der Waals surface area contributed by atoms with Crippen LogP contribution < -0.4 is 5.73 Å². The second-order valence-electron chi connectivity index (χ2n) is 3.84. The highest BCUT2D eigenvalue weighted by molar-refractivity contribution is 9.10. The van der Waals surface area contributed by atoms with Crippen molar-refractivity contribution in [1.82, 2.24) is 4.98 Å². The van der Waals surface area contributed by atoms with Gasteiger partial charge in [0.25, 0.3) is 0 Å². The molecule has 0 aromatic carbocycles.